The lowest BCUT2D eigenvalue weighted by molar-refractivity contribution is -0.139. The van der Waals surface area contributed by atoms with Crippen molar-refractivity contribution >= 4 is 29.2 Å². The third-order valence-electron chi connectivity index (χ3n) is 9.52. The van der Waals surface area contributed by atoms with Gasteiger partial charge in [-0.25, -0.2) is 4.79 Å². The number of halogens is 1. The van der Waals surface area contributed by atoms with Crippen molar-refractivity contribution in [2.75, 3.05) is 4.90 Å². The third kappa shape index (κ3) is 8.95. The van der Waals surface area contributed by atoms with Gasteiger partial charge in [-0.15, -0.1) is 0 Å². The lowest BCUT2D eigenvalue weighted by Gasteiger charge is -2.28. The molecule has 0 heterocycles. The van der Waals surface area contributed by atoms with E-state index >= 15 is 0 Å². The highest BCUT2D eigenvalue weighted by molar-refractivity contribution is 6.31. The molecule has 5 nitrogen and oxygen atoms in total. The molecule has 0 aliphatic rings. The first-order valence-corrected chi connectivity index (χ1v) is 18.3. The topological polar surface area (TPSA) is 69.6 Å². The quantitative estimate of drug-likeness (QED) is 0.124. The third-order valence-corrected chi connectivity index (χ3v) is 9.75. The van der Waals surface area contributed by atoms with Crippen molar-refractivity contribution in [1.29, 1.82) is 0 Å². The zero-order chi connectivity index (χ0) is 37.3. The molecule has 0 saturated heterocycles. The molecular formula is C48H39ClN2O3. The molecule has 1 amide bonds. The summed E-state index contributed by atoms with van der Waals surface area (Å²) in [6.45, 7) is 0.987. The monoisotopic (exact) mass is 726 g/mol. The molecule has 2 N–H and O–H groups in total. The Kier molecular flexibility index (Phi) is 11.3. The van der Waals surface area contributed by atoms with E-state index in [9.17, 15) is 14.7 Å². The molecule has 0 bridgehead atoms. The van der Waals surface area contributed by atoms with E-state index in [2.05, 4.69) is 83.0 Å². The maximum atomic E-state index is 14.1. The van der Waals surface area contributed by atoms with Gasteiger partial charge in [-0.3, -0.25) is 4.79 Å². The summed E-state index contributed by atoms with van der Waals surface area (Å²) in [6, 6.07) is 59.1. The van der Waals surface area contributed by atoms with Crippen LogP contribution in [0.1, 0.15) is 27.0 Å². The van der Waals surface area contributed by atoms with Crippen LogP contribution in [0.4, 0.5) is 5.69 Å². The van der Waals surface area contributed by atoms with Crippen LogP contribution in [0, 0.1) is 0 Å². The van der Waals surface area contributed by atoms with Crippen LogP contribution in [0.3, 0.4) is 0 Å². The van der Waals surface area contributed by atoms with Gasteiger partial charge >= 0.3 is 5.97 Å². The van der Waals surface area contributed by atoms with Gasteiger partial charge in [0.15, 0.2) is 0 Å². The van der Waals surface area contributed by atoms with E-state index in [1.807, 2.05) is 97.1 Å². The molecule has 0 aliphatic carbocycles. The number of amides is 1. The first kappa shape index (κ1) is 36.0. The summed E-state index contributed by atoms with van der Waals surface area (Å²) in [7, 11) is 0. The molecule has 7 rings (SSSR count). The van der Waals surface area contributed by atoms with Crippen LogP contribution in [0.2, 0.25) is 5.02 Å². The van der Waals surface area contributed by atoms with Crippen LogP contribution in [0.5, 0.6) is 0 Å². The maximum Gasteiger partial charge on any atom is 0.326 e. The molecule has 0 aromatic heterocycles. The number of nitrogens with zero attached hydrogens (tertiary/aromatic N) is 1. The molecule has 1 atom stereocenters. The molecule has 0 fully saturated rings. The molecule has 7 aromatic rings. The molecule has 0 radical (unpaired) electrons. The van der Waals surface area contributed by atoms with Crippen molar-refractivity contribution in [1.82, 2.24) is 5.32 Å². The van der Waals surface area contributed by atoms with Crippen LogP contribution < -0.4 is 10.2 Å². The van der Waals surface area contributed by atoms with Crippen molar-refractivity contribution in [3.8, 4) is 33.4 Å². The number of anilines is 1. The van der Waals surface area contributed by atoms with E-state index in [4.69, 9.17) is 11.6 Å². The summed E-state index contributed by atoms with van der Waals surface area (Å²) in [4.78, 5) is 28.8. The van der Waals surface area contributed by atoms with Crippen LogP contribution in [-0.2, 0) is 24.3 Å². The summed E-state index contributed by atoms with van der Waals surface area (Å²) < 4.78 is 0. The lowest BCUT2D eigenvalue weighted by Crippen LogP contribution is -2.42. The van der Waals surface area contributed by atoms with E-state index in [0.717, 1.165) is 50.1 Å². The number of aliphatic carboxylic acids is 1. The fourth-order valence-corrected chi connectivity index (χ4v) is 6.81. The second-order valence-corrected chi connectivity index (χ2v) is 13.7. The molecule has 0 saturated carbocycles. The number of nitrogens with one attached hydrogen (secondary N) is 1. The minimum Gasteiger partial charge on any atom is -0.480 e. The second kappa shape index (κ2) is 16.9. The van der Waals surface area contributed by atoms with Gasteiger partial charge in [0, 0.05) is 24.5 Å². The zero-order valence-corrected chi connectivity index (χ0v) is 30.4. The van der Waals surface area contributed by atoms with Crippen molar-refractivity contribution in [3.63, 3.8) is 0 Å². The van der Waals surface area contributed by atoms with Gasteiger partial charge in [0.05, 0.1) is 11.3 Å². The fourth-order valence-electron chi connectivity index (χ4n) is 6.63. The molecule has 266 valence electrons. The van der Waals surface area contributed by atoms with Gasteiger partial charge < -0.3 is 15.3 Å². The summed E-state index contributed by atoms with van der Waals surface area (Å²) in [6.07, 6.45) is 0.122. The largest absolute Gasteiger partial charge is 0.480 e. The normalized spacial score (nSPS) is 11.4. The summed E-state index contributed by atoms with van der Waals surface area (Å²) in [5, 5.41) is 13.4. The number of rotatable bonds is 13. The number of benzene rings is 7. The Labute approximate surface area is 321 Å². The first-order valence-electron chi connectivity index (χ1n) is 17.9. The fraction of sp³-hybridized carbons (Fsp3) is 0.0833. The summed E-state index contributed by atoms with van der Waals surface area (Å²) in [5.74, 6) is -1.63. The lowest BCUT2D eigenvalue weighted by atomic mass is 10.00. The molecule has 7 aromatic carbocycles. The minimum absolute atomic E-state index is 0.122. The van der Waals surface area contributed by atoms with Crippen molar-refractivity contribution < 1.29 is 14.7 Å². The average Bonchev–Trinajstić information content (AvgIpc) is 3.22. The first-order chi connectivity index (χ1) is 26.4. The minimum atomic E-state index is -1.16. The van der Waals surface area contributed by atoms with Crippen molar-refractivity contribution in [2.45, 2.75) is 25.6 Å². The number of carbonyl (C=O) groups is 2. The molecular weight excluding hydrogens is 688 g/mol. The van der Waals surface area contributed by atoms with E-state index in [-0.39, 0.29) is 6.42 Å². The second-order valence-electron chi connectivity index (χ2n) is 13.3. The standard InChI is InChI=1S/C48H39ClN2O3/c49-43-28-29-46(44(31-43)47(52)50-45(48(53)54)30-34-16-22-40(23-17-34)37-10-4-1-5-11-37)51(32-35-18-24-41(25-19-35)38-12-6-2-7-13-38)33-36-20-26-42(27-21-36)39-14-8-3-9-15-39/h1-29,31,45H,30,32-33H2,(H,50,52)(H,53,54)/t45-/m0/s1. The van der Waals surface area contributed by atoms with Crippen LogP contribution >= 0.6 is 11.6 Å². The number of hydrogen-bond acceptors (Lipinski definition) is 3. The molecule has 0 unspecified atom stereocenters. The summed E-state index contributed by atoms with van der Waals surface area (Å²) in [5.41, 5.74) is 10.5. The Bertz CT molecular complexity index is 2230. The van der Waals surface area contributed by atoms with Crippen LogP contribution in [0.25, 0.3) is 33.4 Å². The van der Waals surface area contributed by atoms with Crippen LogP contribution in [0.15, 0.2) is 182 Å². The molecule has 54 heavy (non-hydrogen) atoms. The van der Waals surface area contributed by atoms with Crippen LogP contribution in [-0.4, -0.2) is 23.0 Å². The Morgan fingerprint density at radius 2 is 0.907 bits per heavy atom. The number of carbonyl (C=O) groups excluding carboxylic acids is 1. The van der Waals surface area contributed by atoms with E-state index < -0.39 is 17.9 Å². The van der Waals surface area contributed by atoms with E-state index in [0.29, 0.717) is 29.4 Å². The number of carboxylic acid groups (broad SMARTS) is 1. The highest BCUT2D eigenvalue weighted by Gasteiger charge is 2.25. The molecule has 6 heteroatoms. The van der Waals surface area contributed by atoms with Gasteiger partial charge in [0.1, 0.15) is 6.04 Å². The van der Waals surface area contributed by atoms with Gasteiger partial charge in [0.25, 0.3) is 5.91 Å². The Morgan fingerprint density at radius 1 is 0.519 bits per heavy atom. The van der Waals surface area contributed by atoms with Gasteiger partial charge in [-0.05, 0) is 68.3 Å². The maximum absolute atomic E-state index is 14.1. The predicted molar refractivity (Wildman–Crippen MR) is 220 cm³/mol. The highest BCUT2D eigenvalue weighted by Crippen LogP contribution is 2.30. The van der Waals surface area contributed by atoms with Crippen molar-refractivity contribution in [2.24, 2.45) is 0 Å². The van der Waals surface area contributed by atoms with E-state index in [1.165, 1.54) is 0 Å². The van der Waals surface area contributed by atoms with E-state index in [1.54, 1.807) is 12.1 Å². The molecule has 0 aliphatic heterocycles. The molecule has 0 spiro atoms. The Balaban J connectivity index is 1.16. The van der Waals surface area contributed by atoms with Gasteiger partial charge in [0.2, 0.25) is 0 Å². The van der Waals surface area contributed by atoms with Gasteiger partial charge in [-0.1, -0.05) is 175 Å². The Morgan fingerprint density at radius 3 is 1.31 bits per heavy atom. The predicted octanol–water partition coefficient (Wildman–Crippen LogP) is 11.0. The highest BCUT2D eigenvalue weighted by atomic mass is 35.5. The SMILES string of the molecule is O=C(N[C@@H](Cc1ccc(-c2ccccc2)cc1)C(=O)O)c1cc(Cl)ccc1N(Cc1ccc(-c2ccccc2)cc1)Cc1ccc(-c2ccccc2)cc1. The van der Waals surface area contributed by atoms with Crippen molar-refractivity contribution in [3.05, 3.63) is 209 Å². The Hall–Kier alpha value is -6.43. The average molecular weight is 727 g/mol. The smallest absolute Gasteiger partial charge is 0.326 e. The van der Waals surface area contributed by atoms with Gasteiger partial charge in [-0.2, -0.15) is 0 Å². The number of hydrogen-bond donors (Lipinski definition) is 2. The number of carboxylic acids is 1. The zero-order valence-electron chi connectivity index (χ0n) is 29.6. The summed E-state index contributed by atoms with van der Waals surface area (Å²) >= 11 is 6.52.